The lowest BCUT2D eigenvalue weighted by atomic mass is 9.96. The lowest BCUT2D eigenvalue weighted by Crippen LogP contribution is -2.29. The van der Waals surface area contributed by atoms with Gasteiger partial charge in [0.25, 0.3) is 5.69 Å². The summed E-state index contributed by atoms with van der Waals surface area (Å²) in [4.78, 5) is 29.9. The molecule has 11 nitrogen and oxygen atoms in total. The lowest BCUT2D eigenvalue weighted by molar-refractivity contribution is -0.384. The Balaban J connectivity index is 1.65. The molecule has 0 radical (unpaired) electrons. The summed E-state index contributed by atoms with van der Waals surface area (Å²) < 4.78 is 12.4. The van der Waals surface area contributed by atoms with E-state index in [0.717, 1.165) is 22.6 Å². The molecule has 0 unspecified atom stereocenters. The molecule has 1 amide bonds. The minimum atomic E-state index is -0.429. The largest absolute Gasteiger partial charge is 0.495 e. The van der Waals surface area contributed by atoms with Gasteiger partial charge in [-0.25, -0.2) is 0 Å². The predicted octanol–water partition coefficient (Wildman–Crippen LogP) is 5.82. The van der Waals surface area contributed by atoms with Crippen molar-refractivity contribution < 1.29 is 19.2 Å². The van der Waals surface area contributed by atoms with E-state index in [0.29, 0.717) is 32.9 Å². The third-order valence-electron chi connectivity index (χ3n) is 7.28. The number of hydrogen-bond donors (Lipinski definition) is 2. The molecule has 4 aromatic rings. The molecule has 0 saturated carbocycles. The summed E-state index contributed by atoms with van der Waals surface area (Å²) in [7, 11) is 2.97. The lowest BCUT2D eigenvalue weighted by Gasteiger charge is -2.28. The van der Waals surface area contributed by atoms with E-state index in [1.165, 1.54) is 26.4 Å². The standard InChI is InChI=1S/C30H29ClN6O5S/c1-17-13-21(18(2)35(17)25-15-20(37(39)40)9-11-26(25)42-4)29-28(24-7-5-6-12-32-24)34-30(43)36(29)19-8-10-23(22(31)14-19)33-27(38)16-41-3/h5-15,28-29H,16H2,1-4H3,(H,33,38)(H,34,43)/t28-,29-/m1/s1. The number of aryl methyl sites for hydroxylation is 1. The molecule has 0 aliphatic carbocycles. The number of hydrogen-bond acceptors (Lipinski definition) is 7. The number of carbonyl (C=O) groups excluding carboxylic acids is 1. The van der Waals surface area contributed by atoms with E-state index in [1.54, 1.807) is 24.4 Å². The number of nitrogens with zero attached hydrogens (tertiary/aromatic N) is 4. The summed E-state index contributed by atoms with van der Waals surface area (Å²) >= 11 is 12.5. The van der Waals surface area contributed by atoms with Gasteiger partial charge in [-0.05, 0) is 74.1 Å². The van der Waals surface area contributed by atoms with Crippen LogP contribution in [0, 0.1) is 24.0 Å². The van der Waals surface area contributed by atoms with Crippen molar-refractivity contribution in [3.05, 3.63) is 105 Å². The van der Waals surface area contributed by atoms with Crippen LogP contribution in [0.25, 0.3) is 5.69 Å². The topological polar surface area (TPSA) is 124 Å². The number of aromatic nitrogens is 2. The number of nitro groups is 1. The van der Waals surface area contributed by atoms with Crippen LogP contribution in [-0.4, -0.2) is 46.3 Å². The van der Waals surface area contributed by atoms with Crippen LogP contribution in [-0.2, 0) is 9.53 Å². The number of carbonyl (C=O) groups is 1. The van der Waals surface area contributed by atoms with Gasteiger partial charge in [-0.15, -0.1) is 0 Å². The average Bonchev–Trinajstić information content (AvgIpc) is 3.48. The van der Waals surface area contributed by atoms with Gasteiger partial charge < -0.3 is 29.6 Å². The van der Waals surface area contributed by atoms with Crippen molar-refractivity contribution in [2.45, 2.75) is 25.9 Å². The Morgan fingerprint density at radius 3 is 2.60 bits per heavy atom. The number of methoxy groups -OCH3 is 2. The van der Waals surface area contributed by atoms with Crippen molar-refractivity contribution in [3.63, 3.8) is 0 Å². The van der Waals surface area contributed by atoms with E-state index in [2.05, 4.69) is 15.6 Å². The van der Waals surface area contributed by atoms with Crippen molar-refractivity contribution in [3.8, 4) is 11.4 Å². The average molecular weight is 621 g/mol. The van der Waals surface area contributed by atoms with Gasteiger partial charge in [-0.3, -0.25) is 19.9 Å². The molecular weight excluding hydrogens is 592 g/mol. The van der Waals surface area contributed by atoms with Crippen LogP contribution < -0.4 is 20.3 Å². The van der Waals surface area contributed by atoms with Gasteiger partial charge >= 0.3 is 0 Å². The van der Waals surface area contributed by atoms with Gasteiger partial charge in [-0.2, -0.15) is 0 Å². The molecule has 2 N–H and O–H groups in total. The van der Waals surface area contributed by atoms with Crippen LogP contribution in [0.3, 0.4) is 0 Å². The molecule has 2 atom stereocenters. The molecule has 13 heteroatoms. The number of rotatable bonds is 9. The van der Waals surface area contributed by atoms with Crippen LogP contribution in [0.5, 0.6) is 5.75 Å². The molecule has 1 aliphatic rings. The molecule has 0 spiro atoms. The third kappa shape index (κ3) is 5.76. The molecule has 0 bridgehead atoms. The van der Waals surface area contributed by atoms with Gasteiger partial charge in [0.15, 0.2) is 5.11 Å². The number of non-ortho nitro benzene ring substituents is 1. The number of nitrogens with one attached hydrogen (secondary N) is 2. The number of ether oxygens (including phenoxy) is 2. The number of benzene rings is 2. The third-order valence-corrected chi connectivity index (χ3v) is 7.91. The number of thiocarbonyl (C=S) groups is 1. The molecule has 2 aromatic heterocycles. The van der Waals surface area contributed by atoms with Crippen molar-refractivity contribution in [2.75, 3.05) is 31.0 Å². The Morgan fingerprint density at radius 1 is 1.16 bits per heavy atom. The fourth-order valence-electron chi connectivity index (χ4n) is 5.45. The number of anilines is 2. The minimum Gasteiger partial charge on any atom is -0.495 e. The Morgan fingerprint density at radius 2 is 1.95 bits per heavy atom. The zero-order valence-corrected chi connectivity index (χ0v) is 25.4. The molecule has 3 heterocycles. The number of nitro benzene ring substituents is 1. The van der Waals surface area contributed by atoms with E-state index in [1.807, 2.05) is 53.6 Å². The highest BCUT2D eigenvalue weighted by molar-refractivity contribution is 7.80. The SMILES string of the molecule is COCC(=O)Nc1ccc(N2C(=S)N[C@H](c3ccccn3)[C@H]2c2cc(C)n(-c3cc([N+](=O)[O-])ccc3OC)c2C)cc1Cl. The normalized spacial score (nSPS) is 16.2. The first kappa shape index (κ1) is 30.0. The minimum absolute atomic E-state index is 0.0473. The first-order valence-electron chi connectivity index (χ1n) is 13.2. The fourth-order valence-corrected chi connectivity index (χ4v) is 6.01. The zero-order valence-electron chi connectivity index (χ0n) is 23.8. The van der Waals surface area contributed by atoms with Gasteiger partial charge in [-0.1, -0.05) is 17.7 Å². The summed E-state index contributed by atoms with van der Waals surface area (Å²) in [6.07, 6.45) is 1.73. The van der Waals surface area contributed by atoms with E-state index in [4.69, 9.17) is 33.3 Å². The van der Waals surface area contributed by atoms with Crippen LogP contribution >= 0.6 is 23.8 Å². The maximum atomic E-state index is 12.1. The molecule has 222 valence electrons. The second-order valence-corrected chi connectivity index (χ2v) is 10.7. The summed E-state index contributed by atoms with van der Waals surface area (Å²) in [5.74, 6) is 0.169. The molecule has 2 aromatic carbocycles. The highest BCUT2D eigenvalue weighted by Crippen LogP contribution is 2.45. The Labute approximate surface area is 258 Å². The summed E-state index contributed by atoms with van der Waals surface area (Å²) in [5, 5.41) is 18.6. The number of amides is 1. The maximum absolute atomic E-state index is 12.1. The van der Waals surface area contributed by atoms with Gasteiger partial charge in [0.05, 0.1) is 46.2 Å². The molecule has 43 heavy (non-hydrogen) atoms. The van der Waals surface area contributed by atoms with Crippen LogP contribution in [0.4, 0.5) is 17.1 Å². The van der Waals surface area contributed by atoms with E-state index in [-0.39, 0.29) is 30.3 Å². The predicted molar refractivity (Wildman–Crippen MR) is 168 cm³/mol. The van der Waals surface area contributed by atoms with E-state index in [9.17, 15) is 14.9 Å². The molecule has 5 rings (SSSR count). The molecule has 1 aliphatic heterocycles. The second-order valence-electron chi connectivity index (χ2n) is 9.92. The number of halogens is 1. The quantitative estimate of drug-likeness (QED) is 0.135. The molecular formula is C30H29ClN6O5S. The van der Waals surface area contributed by atoms with Crippen molar-refractivity contribution in [2.24, 2.45) is 0 Å². The van der Waals surface area contributed by atoms with Crippen LogP contribution in [0.1, 0.15) is 34.7 Å². The smallest absolute Gasteiger partial charge is 0.271 e. The van der Waals surface area contributed by atoms with Gasteiger partial charge in [0.1, 0.15) is 12.4 Å². The van der Waals surface area contributed by atoms with Crippen LogP contribution in [0.2, 0.25) is 5.02 Å². The first-order chi connectivity index (χ1) is 20.6. The Kier molecular flexibility index (Phi) is 8.62. The monoisotopic (exact) mass is 620 g/mol. The van der Waals surface area contributed by atoms with E-state index >= 15 is 0 Å². The zero-order chi connectivity index (χ0) is 30.8. The van der Waals surface area contributed by atoms with Gasteiger partial charge in [0.2, 0.25) is 5.91 Å². The highest BCUT2D eigenvalue weighted by Gasteiger charge is 2.42. The summed E-state index contributed by atoms with van der Waals surface area (Å²) in [6.45, 7) is 3.79. The van der Waals surface area contributed by atoms with Crippen molar-refractivity contribution in [1.82, 2.24) is 14.9 Å². The summed E-state index contributed by atoms with van der Waals surface area (Å²) in [6, 6.07) is 16.8. The number of pyridine rings is 1. The summed E-state index contributed by atoms with van der Waals surface area (Å²) in [5.41, 5.74) is 5.03. The molecule has 1 fully saturated rings. The molecule has 1 saturated heterocycles. The van der Waals surface area contributed by atoms with Crippen molar-refractivity contribution in [1.29, 1.82) is 0 Å². The Bertz CT molecular complexity index is 1710. The van der Waals surface area contributed by atoms with E-state index < -0.39 is 4.92 Å². The van der Waals surface area contributed by atoms with Crippen molar-refractivity contribution >= 4 is 51.9 Å². The fraction of sp³-hybridized carbons (Fsp3) is 0.233. The van der Waals surface area contributed by atoms with Gasteiger partial charge in [0, 0.05) is 42.5 Å². The Hall–Kier alpha value is -4.52. The first-order valence-corrected chi connectivity index (χ1v) is 14.0. The van der Waals surface area contributed by atoms with Crippen LogP contribution in [0.15, 0.2) is 66.9 Å². The maximum Gasteiger partial charge on any atom is 0.271 e. The second kappa shape index (κ2) is 12.4. The highest BCUT2D eigenvalue weighted by atomic mass is 35.5.